The Morgan fingerprint density at radius 1 is 1.24 bits per heavy atom. The van der Waals surface area contributed by atoms with E-state index in [9.17, 15) is 13.2 Å². The van der Waals surface area contributed by atoms with E-state index >= 15 is 0 Å². The van der Waals surface area contributed by atoms with Crippen LogP contribution >= 0.6 is 11.3 Å². The number of aromatic nitrogens is 4. The van der Waals surface area contributed by atoms with E-state index in [1.165, 1.54) is 17.5 Å². The Labute approximate surface area is 220 Å². The minimum Gasteiger partial charge on any atom is -0.477 e. The molecule has 0 bridgehead atoms. The lowest BCUT2D eigenvalue weighted by Crippen LogP contribution is -2.30. The molecule has 1 amide bonds. The van der Waals surface area contributed by atoms with Crippen molar-refractivity contribution in [3.8, 4) is 16.5 Å². The first-order chi connectivity index (χ1) is 17.7. The van der Waals surface area contributed by atoms with Gasteiger partial charge in [0.25, 0.3) is 5.91 Å². The van der Waals surface area contributed by atoms with Gasteiger partial charge in [0.1, 0.15) is 5.69 Å². The van der Waals surface area contributed by atoms with Gasteiger partial charge >= 0.3 is 0 Å². The van der Waals surface area contributed by atoms with Crippen LogP contribution in [0.1, 0.15) is 54.1 Å². The second-order valence-electron chi connectivity index (χ2n) is 8.99. The molecule has 198 valence electrons. The molecule has 3 aromatic rings. The summed E-state index contributed by atoms with van der Waals surface area (Å²) in [6.45, 7) is 3.17. The van der Waals surface area contributed by atoms with Gasteiger partial charge in [-0.15, -0.1) is 11.3 Å². The molecule has 0 aliphatic heterocycles. The van der Waals surface area contributed by atoms with Gasteiger partial charge in [0.05, 0.1) is 46.6 Å². The van der Waals surface area contributed by atoms with E-state index in [1.54, 1.807) is 30.7 Å². The van der Waals surface area contributed by atoms with E-state index in [0.717, 1.165) is 13.0 Å². The summed E-state index contributed by atoms with van der Waals surface area (Å²) in [5, 5.41) is 2.98. The number of carbonyl (C=O) groups excluding carboxylic acids is 1. The van der Waals surface area contributed by atoms with Crippen molar-refractivity contribution < 1.29 is 17.9 Å². The van der Waals surface area contributed by atoms with Crippen molar-refractivity contribution in [2.45, 2.75) is 43.9 Å². The molecule has 3 heterocycles. The molecule has 0 saturated heterocycles. The smallest absolute Gasteiger partial charge is 0.280 e. The van der Waals surface area contributed by atoms with Gasteiger partial charge in [-0.25, -0.2) is 18.4 Å². The Hall–Kier alpha value is -3.16. The highest BCUT2D eigenvalue weighted by Gasteiger charge is 2.35. The van der Waals surface area contributed by atoms with Gasteiger partial charge in [-0.2, -0.15) is 0 Å². The second-order valence-corrected chi connectivity index (χ2v) is 12.0. The second kappa shape index (κ2) is 11.9. The van der Waals surface area contributed by atoms with Gasteiger partial charge in [0.2, 0.25) is 15.9 Å². The minimum atomic E-state index is -3.41. The maximum Gasteiger partial charge on any atom is 0.280 e. The molecule has 0 spiro atoms. The summed E-state index contributed by atoms with van der Waals surface area (Å²) in [7, 11) is 0.564. The highest BCUT2D eigenvalue weighted by atomic mass is 32.2. The molecule has 1 aliphatic rings. The van der Waals surface area contributed by atoms with Crippen molar-refractivity contribution >= 4 is 33.0 Å². The van der Waals surface area contributed by atoms with Gasteiger partial charge in [0, 0.05) is 12.4 Å². The minimum absolute atomic E-state index is 0.279. The van der Waals surface area contributed by atoms with Crippen LogP contribution in [-0.4, -0.2) is 71.7 Å². The SMILES string of the molecule is CCOc1cncc(-c2cnc(C(=O)N[C@H](CCCN(C)C)c3cc(NS(=O)(=O)C4CC4)ccn3)s2)n1. The molecule has 0 unspecified atom stereocenters. The number of pyridine rings is 1. The first-order valence-corrected chi connectivity index (χ1v) is 14.5. The van der Waals surface area contributed by atoms with Crippen LogP contribution < -0.4 is 14.8 Å². The number of ether oxygens (including phenoxy) is 1. The molecule has 2 N–H and O–H groups in total. The number of nitrogens with one attached hydrogen (secondary N) is 2. The highest BCUT2D eigenvalue weighted by molar-refractivity contribution is 7.93. The zero-order valence-electron chi connectivity index (χ0n) is 21.0. The van der Waals surface area contributed by atoms with Crippen molar-refractivity contribution in [1.29, 1.82) is 0 Å². The van der Waals surface area contributed by atoms with Crippen LogP contribution in [0.15, 0.2) is 36.9 Å². The van der Waals surface area contributed by atoms with Crippen molar-refractivity contribution in [2.24, 2.45) is 0 Å². The third-order valence-corrected chi connectivity index (χ3v) is 8.51. The Morgan fingerprint density at radius 2 is 2.05 bits per heavy atom. The van der Waals surface area contributed by atoms with Crippen LogP contribution in [0, 0.1) is 0 Å². The molecule has 1 atom stereocenters. The Kier molecular flexibility index (Phi) is 8.67. The average Bonchev–Trinajstić information content (AvgIpc) is 3.61. The third-order valence-electron chi connectivity index (χ3n) is 5.62. The first kappa shape index (κ1) is 26.9. The molecule has 1 saturated carbocycles. The number of hydrogen-bond donors (Lipinski definition) is 2. The Balaban J connectivity index is 1.51. The quantitative estimate of drug-likeness (QED) is 0.332. The monoisotopic (exact) mass is 545 g/mol. The van der Waals surface area contributed by atoms with Crippen molar-refractivity contribution in [1.82, 2.24) is 30.2 Å². The summed E-state index contributed by atoms with van der Waals surface area (Å²) in [5.41, 5.74) is 1.59. The largest absolute Gasteiger partial charge is 0.477 e. The topological polar surface area (TPSA) is 139 Å². The third kappa shape index (κ3) is 7.43. The van der Waals surface area contributed by atoms with Crippen LogP contribution in [0.25, 0.3) is 10.6 Å². The van der Waals surface area contributed by atoms with Crippen LogP contribution in [0.5, 0.6) is 5.88 Å². The lowest BCUT2D eigenvalue weighted by molar-refractivity contribution is 0.0932. The summed E-state index contributed by atoms with van der Waals surface area (Å²) in [4.78, 5) is 33.2. The summed E-state index contributed by atoms with van der Waals surface area (Å²) in [6.07, 6.45) is 9.05. The molecule has 4 rings (SSSR count). The Bertz CT molecular complexity index is 1330. The number of sulfonamides is 1. The molecule has 1 fully saturated rings. The number of anilines is 1. The molecule has 11 nitrogen and oxygen atoms in total. The normalized spacial score (nSPS) is 14.4. The summed E-state index contributed by atoms with van der Waals surface area (Å²) < 4.78 is 32.9. The number of rotatable bonds is 13. The van der Waals surface area contributed by atoms with E-state index in [4.69, 9.17) is 4.74 Å². The van der Waals surface area contributed by atoms with Crippen LogP contribution in [-0.2, 0) is 10.0 Å². The van der Waals surface area contributed by atoms with Crippen molar-refractivity contribution in [3.63, 3.8) is 0 Å². The van der Waals surface area contributed by atoms with Gasteiger partial charge in [-0.1, -0.05) is 0 Å². The predicted molar refractivity (Wildman–Crippen MR) is 142 cm³/mol. The number of carbonyl (C=O) groups is 1. The fourth-order valence-corrected chi connectivity index (χ4v) is 5.79. The molecular weight excluding hydrogens is 514 g/mol. The average molecular weight is 546 g/mol. The number of hydrogen-bond acceptors (Lipinski definition) is 10. The predicted octanol–water partition coefficient (Wildman–Crippen LogP) is 3.11. The highest BCUT2D eigenvalue weighted by Crippen LogP contribution is 2.30. The van der Waals surface area contributed by atoms with Gasteiger partial charge in [-0.05, 0) is 65.4 Å². The van der Waals surface area contributed by atoms with Crippen LogP contribution in [0.2, 0.25) is 0 Å². The van der Waals surface area contributed by atoms with E-state index in [-0.39, 0.29) is 16.2 Å². The maximum absolute atomic E-state index is 13.2. The summed E-state index contributed by atoms with van der Waals surface area (Å²) in [6, 6.07) is 2.88. The molecular formula is C24H31N7O4S2. The Morgan fingerprint density at radius 3 is 2.78 bits per heavy atom. The van der Waals surface area contributed by atoms with E-state index in [1.807, 2.05) is 21.0 Å². The van der Waals surface area contributed by atoms with Gasteiger partial charge in [-0.3, -0.25) is 19.5 Å². The van der Waals surface area contributed by atoms with E-state index in [2.05, 4.69) is 34.9 Å². The fourth-order valence-electron chi connectivity index (χ4n) is 3.64. The molecule has 3 aromatic heterocycles. The lowest BCUT2D eigenvalue weighted by Gasteiger charge is -2.20. The number of amides is 1. The summed E-state index contributed by atoms with van der Waals surface area (Å²) >= 11 is 1.21. The van der Waals surface area contributed by atoms with E-state index < -0.39 is 16.1 Å². The number of thiazole rings is 1. The molecule has 0 radical (unpaired) electrons. The standard InChI is InChI=1S/C24H31N7O4S2/c1-4-35-22-15-25-13-20(28-22)21-14-27-24(36-21)23(32)29-18(6-5-11-31(2)3)19-12-16(9-10-26-19)30-37(33,34)17-7-8-17/h9-10,12-15,17-18H,4-8,11H2,1-3H3,(H,26,30)(H,29,32)/t18-/m1/s1. The van der Waals surface area contributed by atoms with Crippen LogP contribution in [0.3, 0.4) is 0 Å². The first-order valence-electron chi connectivity index (χ1n) is 12.1. The van der Waals surface area contributed by atoms with Crippen LogP contribution in [0.4, 0.5) is 5.69 Å². The fraction of sp³-hybridized carbons (Fsp3) is 0.458. The van der Waals surface area contributed by atoms with E-state index in [0.29, 0.717) is 53.7 Å². The molecule has 0 aromatic carbocycles. The lowest BCUT2D eigenvalue weighted by atomic mass is 10.1. The summed E-state index contributed by atoms with van der Waals surface area (Å²) in [5.74, 6) is 0.0643. The zero-order valence-corrected chi connectivity index (χ0v) is 22.7. The van der Waals surface area contributed by atoms with Crippen molar-refractivity contribution in [2.75, 3.05) is 32.0 Å². The molecule has 37 heavy (non-hydrogen) atoms. The zero-order chi connectivity index (χ0) is 26.4. The van der Waals surface area contributed by atoms with Crippen molar-refractivity contribution in [3.05, 3.63) is 47.6 Å². The maximum atomic E-state index is 13.2. The van der Waals surface area contributed by atoms with Gasteiger partial charge < -0.3 is 15.0 Å². The molecule has 1 aliphatic carbocycles. The molecule has 13 heteroatoms. The van der Waals surface area contributed by atoms with Gasteiger partial charge in [0.15, 0.2) is 5.01 Å². The number of nitrogens with zero attached hydrogens (tertiary/aromatic N) is 5.